The lowest BCUT2D eigenvalue weighted by Crippen LogP contribution is -2.14. The van der Waals surface area contributed by atoms with Crippen LogP contribution in [0.2, 0.25) is 5.15 Å². The Morgan fingerprint density at radius 1 is 1.25 bits per heavy atom. The fourth-order valence-electron chi connectivity index (χ4n) is 2.07. The molecule has 20 heavy (non-hydrogen) atoms. The van der Waals surface area contributed by atoms with E-state index in [1.165, 1.54) is 0 Å². The number of rotatable bonds is 3. The molecule has 0 aliphatic carbocycles. The minimum absolute atomic E-state index is 0.123. The molecular formula is C15H19ClN2O2. The Balaban J connectivity index is 2.54. The Hall–Kier alpha value is -1.52. The van der Waals surface area contributed by atoms with E-state index in [0.717, 1.165) is 17.1 Å². The van der Waals surface area contributed by atoms with E-state index < -0.39 is 0 Å². The molecule has 0 spiro atoms. The molecule has 2 rings (SSSR count). The second-order valence-corrected chi connectivity index (χ2v) is 5.99. The molecule has 0 unspecified atom stereocenters. The molecule has 1 N–H and O–H groups in total. The standard InChI is InChI=1S/C15H19ClN2O2/c1-15(2,3)13-12(9-19)14(16)18(17-13)10-5-7-11(20-4)8-6-10/h5-8,19H,9H2,1-4H3. The summed E-state index contributed by atoms with van der Waals surface area (Å²) in [6.07, 6.45) is 0. The van der Waals surface area contributed by atoms with E-state index in [4.69, 9.17) is 16.3 Å². The van der Waals surface area contributed by atoms with Gasteiger partial charge in [0.05, 0.1) is 25.1 Å². The summed E-state index contributed by atoms with van der Waals surface area (Å²) in [7, 11) is 1.62. The van der Waals surface area contributed by atoms with Crippen molar-refractivity contribution in [3.8, 4) is 11.4 Å². The van der Waals surface area contributed by atoms with Crippen LogP contribution in [0.5, 0.6) is 5.75 Å². The predicted molar refractivity (Wildman–Crippen MR) is 79.7 cm³/mol. The van der Waals surface area contributed by atoms with Crippen LogP contribution in [0.15, 0.2) is 24.3 Å². The Kier molecular flexibility index (Phi) is 4.06. The number of benzene rings is 1. The van der Waals surface area contributed by atoms with Crippen molar-refractivity contribution >= 4 is 11.6 Å². The number of methoxy groups -OCH3 is 1. The molecule has 0 aliphatic heterocycles. The van der Waals surface area contributed by atoms with Crippen LogP contribution in [-0.2, 0) is 12.0 Å². The topological polar surface area (TPSA) is 47.3 Å². The summed E-state index contributed by atoms with van der Waals surface area (Å²) in [5.41, 5.74) is 2.14. The van der Waals surface area contributed by atoms with Crippen LogP contribution < -0.4 is 4.74 Å². The maximum absolute atomic E-state index is 9.55. The number of aliphatic hydroxyl groups is 1. The first kappa shape index (κ1) is 14.9. The minimum Gasteiger partial charge on any atom is -0.497 e. The number of hydrogen-bond acceptors (Lipinski definition) is 3. The highest BCUT2D eigenvalue weighted by atomic mass is 35.5. The third kappa shape index (κ3) is 2.67. The van der Waals surface area contributed by atoms with Crippen LogP contribution in [0.25, 0.3) is 5.69 Å². The fraction of sp³-hybridized carbons (Fsp3) is 0.400. The first-order valence-corrected chi connectivity index (χ1v) is 6.79. The van der Waals surface area contributed by atoms with Gasteiger partial charge < -0.3 is 9.84 Å². The maximum atomic E-state index is 9.55. The Bertz CT molecular complexity index is 598. The average molecular weight is 295 g/mol. The summed E-state index contributed by atoms with van der Waals surface area (Å²) >= 11 is 6.35. The van der Waals surface area contributed by atoms with Crippen LogP contribution in [0.4, 0.5) is 0 Å². The number of ether oxygens (including phenoxy) is 1. The van der Waals surface area contributed by atoms with Gasteiger partial charge in [0.2, 0.25) is 0 Å². The largest absolute Gasteiger partial charge is 0.497 e. The number of aromatic nitrogens is 2. The van der Waals surface area contributed by atoms with Gasteiger partial charge in [0, 0.05) is 11.0 Å². The van der Waals surface area contributed by atoms with Crippen molar-refractivity contribution in [2.45, 2.75) is 32.8 Å². The molecule has 1 aromatic heterocycles. The molecular weight excluding hydrogens is 276 g/mol. The minimum atomic E-state index is -0.181. The SMILES string of the molecule is COc1ccc(-n2nc(C(C)(C)C)c(CO)c2Cl)cc1. The molecule has 0 saturated carbocycles. The van der Waals surface area contributed by atoms with E-state index in [1.54, 1.807) is 11.8 Å². The molecule has 0 amide bonds. The van der Waals surface area contributed by atoms with Crippen LogP contribution in [-0.4, -0.2) is 22.0 Å². The Morgan fingerprint density at radius 2 is 1.85 bits per heavy atom. The first-order chi connectivity index (χ1) is 9.38. The smallest absolute Gasteiger partial charge is 0.138 e. The van der Waals surface area contributed by atoms with E-state index in [9.17, 15) is 5.11 Å². The van der Waals surface area contributed by atoms with Gasteiger partial charge in [-0.2, -0.15) is 5.10 Å². The van der Waals surface area contributed by atoms with Crippen molar-refractivity contribution in [1.29, 1.82) is 0 Å². The summed E-state index contributed by atoms with van der Waals surface area (Å²) < 4.78 is 6.78. The molecule has 0 aliphatic rings. The van der Waals surface area contributed by atoms with Gasteiger partial charge in [-0.15, -0.1) is 0 Å². The van der Waals surface area contributed by atoms with Crippen molar-refractivity contribution in [1.82, 2.24) is 9.78 Å². The van der Waals surface area contributed by atoms with Crippen LogP contribution in [0.3, 0.4) is 0 Å². The highest BCUT2D eigenvalue weighted by Gasteiger charge is 2.26. The van der Waals surface area contributed by atoms with Gasteiger partial charge in [-0.3, -0.25) is 0 Å². The average Bonchev–Trinajstić information content (AvgIpc) is 2.76. The van der Waals surface area contributed by atoms with E-state index in [1.807, 2.05) is 45.0 Å². The molecule has 0 radical (unpaired) electrons. The first-order valence-electron chi connectivity index (χ1n) is 6.41. The van der Waals surface area contributed by atoms with Gasteiger partial charge in [-0.25, -0.2) is 4.68 Å². The lowest BCUT2D eigenvalue weighted by molar-refractivity contribution is 0.278. The second-order valence-electron chi connectivity index (χ2n) is 5.64. The molecule has 1 aromatic carbocycles. The van der Waals surface area contributed by atoms with E-state index in [0.29, 0.717) is 10.7 Å². The van der Waals surface area contributed by atoms with Crippen molar-refractivity contribution in [2.24, 2.45) is 0 Å². The lowest BCUT2D eigenvalue weighted by atomic mass is 9.90. The summed E-state index contributed by atoms with van der Waals surface area (Å²) in [5, 5.41) is 14.6. The third-order valence-corrected chi connectivity index (χ3v) is 3.49. The zero-order chi connectivity index (χ0) is 14.9. The third-order valence-electron chi connectivity index (χ3n) is 3.11. The van der Waals surface area contributed by atoms with E-state index in [2.05, 4.69) is 5.10 Å². The zero-order valence-corrected chi connectivity index (χ0v) is 12.9. The summed E-state index contributed by atoms with van der Waals surface area (Å²) in [6.45, 7) is 6.01. The van der Waals surface area contributed by atoms with Crippen molar-refractivity contribution in [2.75, 3.05) is 7.11 Å². The van der Waals surface area contributed by atoms with Crippen LogP contribution in [0.1, 0.15) is 32.0 Å². The van der Waals surface area contributed by atoms with E-state index >= 15 is 0 Å². The molecule has 0 fully saturated rings. The second kappa shape index (κ2) is 5.46. The van der Waals surface area contributed by atoms with Gasteiger partial charge in [-0.1, -0.05) is 32.4 Å². The normalized spacial score (nSPS) is 11.7. The molecule has 0 bridgehead atoms. The van der Waals surface area contributed by atoms with Gasteiger partial charge >= 0.3 is 0 Å². The van der Waals surface area contributed by atoms with Crippen molar-refractivity contribution < 1.29 is 9.84 Å². The van der Waals surface area contributed by atoms with E-state index in [-0.39, 0.29) is 12.0 Å². The van der Waals surface area contributed by atoms with Gasteiger partial charge in [0.15, 0.2) is 0 Å². The number of aliphatic hydroxyl groups excluding tert-OH is 1. The maximum Gasteiger partial charge on any atom is 0.138 e. The van der Waals surface area contributed by atoms with Crippen molar-refractivity contribution in [3.05, 3.63) is 40.7 Å². The quantitative estimate of drug-likeness (QED) is 0.944. The predicted octanol–water partition coefficient (Wildman–Crippen LogP) is 3.32. The molecule has 108 valence electrons. The Morgan fingerprint density at radius 3 is 2.25 bits per heavy atom. The lowest BCUT2D eigenvalue weighted by Gasteiger charge is -2.16. The van der Waals surface area contributed by atoms with Gasteiger partial charge in [0.25, 0.3) is 0 Å². The fourth-order valence-corrected chi connectivity index (χ4v) is 2.35. The number of hydrogen-bond donors (Lipinski definition) is 1. The molecule has 5 heteroatoms. The summed E-state index contributed by atoms with van der Waals surface area (Å²) in [5.74, 6) is 0.774. The summed E-state index contributed by atoms with van der Waals surface area (Å²) in [6, 6.07) is 7.46. The van der Waals surface area contributed by atoms with Gasteiger partial charge in [0.1, 0.15) is 10.9 Å². The molecule has 0 saturated heterocycles. The number of halogens is 1. The molecule has 2 aromatic rings. The Labute approximate surface area is 123 Å². The van der Waals surface area contributed by atoms with Crippen LogP contribution >= 0.6 is 11.6 Å². The molecule has 4 nitrogen and oxygen atoms in total. The van der Waals surface area contributed by atoms with Gasteiger partial charge in [-0.05, 0) is 24.3 Å². The highest BCUT2D eigenvalue weighted by Crippen LogP contribution is 2.32. The summed E-state index contributed by atoms with van der Waals surface area (Å²) in [4.78, 5) is 0. The number of nitrogens with zero attached hydrogens (tertiary/aromatic N) is 2. The molecule has 0 atom stereocenters. The van der Waals surface area contributed by atoms with Crippen LogP contribution in [0, 0.1) is 0 Å². The zero-order valence-electron chi connectivity index (χ0n) is 12.1. The highest BCUT2D eigenvalue weighted by molar-refractivity contribution is 6.30. The monoisotopic (exact) mass is 294 g/mol. The van der Waals surface area contributed by atoms with Crippen molar-refractivity contribution in [3.63, 3.8) is 0 Å². The molecule has 1 heterocycles.